The molecular weight excluding hydrogens is 679 g/mol. The molecule has 0 spiro atoms. The molecule has 7 aromatic carbocycles. The molecule has 0 unspecified atom stereocenters. The molecule has 5 aromatic heterocycles. The summed E-state index contributed by atoms with van der Waals surface area (Å²) >= 11 is 0. The minimum absolute atomic E-state index is 0.449. The molecule has 0 aliphatic rings. The number of furan rings is 2. The molecule has 12 rings (SSSR count). The van der Waals surface area contributed by atoms with E-state index in [1.54, 1.807) is 0 Å². The number of benzene rings is 7. The van der Waals surface area contributed by atoms with E-state index in [1.165, 1.54) is 0 Å². The van der Waals surface area contributed by atoms with Gasteiger partial charge in [-0.1, -0.05) is 121 Å². The smallest absolute Gasteiger partial charge is 0.238 e. The van der Waals surface area contributed by atoms with Gasteiger partial charge in [-0.2, -0.15) is 9.97 Å². The molecule has 0 saturated carbocycles. The van der Waals surface area contributed by atoms with Gasteiger partial charge in [0.05, 0.1) is 11.0 Å². The van der Waals surface area contributed by atoms with Crippen LogP contribution in [-0.4, -0.2) is 24.5 Å². The van der Waals surface area contributed by atoms with Gasteiger partial charge in [0.1, 0.15) is 28.0 Å². The summed E-state index contributed by atoms with van der Waals surface area (Å²) in [7, 11) is 0. The molecule has 0 saturated heterocycles. The Hall–Kier alpha value is -7.64. The number of nitrogens with zero attached hydrogens (tertiary/aromatic N) is 5. The highest BCUT2D eigenvalue weighted by atomic mass is 16.3. The van der Waals surface area contributed by atoms with Gasteiger partial charge in [-0.25, -0.2) is 4.98 Å². The Morgan fingerprint density at radius 2 is 0.945 bits per heavy atom. The Labute approximate surface area is 312 Å². The van der Waals surface area contributed by atoms with Gasteiger partial charge in [-0.05, 0) is 46.7 Å². The van der Waals surface area contributed by atoms with E-state index in [1.807, 2.05) is 60.8 Å². The zero-order valence-corrected chi connectivity index (χ0v) is 29.1. The van der Waals surface area contributed by atoms with E-state index in [2.05, 4.69) is 108 Å². The molecule has 7 nitrogen and oxygen atoms in total. The van der Waals surface area contributed by atoms with Gasteiger partial charge < -0.3 is 8.83 Å². The molecular formula is C48H27N5O2. The fourth-order valence-corrected chi connectivity index (χ4v) is 8.27. The van der Waals surface area contributed by atoms with E-state index >= 15 is 0 Å². The van der Waals surface area contributed by atoms with Crippen molar-refractivity contribution in [2.45, 2.75) is 0 Å². The third kappa shape index (κ3) is 4.44. The molecule has 0 amide bonds. The fraction of sp³-hybridized carbons (Fsp3) is 0. The third-order valence-corrected chi connectivity index (χ3v) is 10.8. The summed E-state index contributed by atoms with van der Waals surface area (Å²) in [5, 5.41) is 8.48. The topological polar surface area (TPSA) is 82.8 Å². The van der Waals surface area contributed by atoms with Crippen molar-refractivity contribution in [3.63, 3.8) is 0 Å². The Morgan fingerprint density at radius 3 is 1.69 bits per heavy atom. The average molecular weight is 706 g/mol. The molecule has 5 heterocycles. The van der Waals surface area contributed by atoms with Crippen LogP contribution in [0.5, 0.6) is 0 Å². The lowest BCUT2D eigenvalue weighted by Crippen LogP contribution is -2.07. The highest BCUT2D eigenvalue weighted by molar-refractivity contribution is 6.14. The van der Waals surface area contributed by atoms with Crippen molar-refractivity contribution in [1.29, 1.82) is 0 Å². The largest absolute Gasteiger partial charge is 0.456 e. The Balaban J connectivity index is 1.12. The minimum atomic E-state index is 0.449. The first-order valence-electron chi connectivity index (χ1n) is 18.2. The first kappa shape index (κ1) is 29.9. The van der Waals surface area contributed by atoms with E-state index in [0.29, 0.717) is 23.3 Å². The number of hydrogen-bond acceptors (Lipinski definition) is 6. The van der Waals surface area contributed by atoms with Crippen LogP contribution in [0.1, 0.15) is 0 Å². The third-order valence-electron chi connectivity index (χ3n) is 10.8. The van der Waals surface area contributed by atoms with Crippen LogP contribution < -0.4 is 0 Å². The standard InChI is InChI=1S/C48H27N5O2/c1-2-13-29-28(12-1)30(35-18-11-19-36-33-16-5-10-23-43(33)55-45(35)36)24-25-37(29)46-50-47(39-26-44-38(27-49-39)34-17-6-9-22-42(34)54-44)52-48(51-46)53-40-20-7-3-14-31(40)32-15-4-8-21-41(32)53/h1-27H. The van der Waals surface area contributed by atoms with Crippen LogP contribution in [-0.2, 0) is 0 Å². The molecule has 0 atom stereocenters. The molecule has 0 aliphatic carbocycles. The van der Waals surface area contributed by atoms with Crippen molar-refractivity contribution < 1.29 is 8.83 Å². The predicted molar refractivity (Wildman–Crippen MR) is 220 cm³/mol. The maximum absolute atomic E-state index is 6.49. The number of hydrogen-bond donors (Lipinski definition) is 0. The maximum atomic E-state index is 6.49. The van der Waals surface area contributed by atoms with Crippen LogP contribution >= 0.6 is 0 Å². The van der Waals surface area contributed by atoms with E-state index in [-0.39, 0.29) is 0 Å². The second-order valence-corrected chi connectivity index (χ2v) is 13.8. The molecule has 7 heteroatoms. The van der Waals surface area contributed by atoms with Crippen molar-refractivity contribution in [3.05, 3.63) is 164 Å². The second-order valence-electron chi connectivity index (χ2n) is 13.8. The van der Waals surface area contributed by atoms with Crippen LogP contribution in [0.4, 0.5) is 0 Å². The Kier molecular flexibility index (Phi) is 6.21. The summed E-state index contributed by atoms with van der Waals surface area (Å²) in [5.74, 6) is 1.49. The van der Waals surface area contributed by atoms with Crippen molar-refractivity contribution in [2.24, 2.45) is 0 Å². The SMILES string of the molecule is c1ccc2c(c1)oc1cc(-c3nc(-c4ccc(-c5cccc6c5oc5ccccc56)c5ccccc45)nc(-n4c5ccccc5c5ccccc54)n3)ncc12. The van der Waals surface area contributed by atoms with Crippen molar-refractivity contribution in [1.82, 2.24) is 24.5 Å². The molecule has 0 N–H and O–H groups in total. The molecule has 0 radical (unpaired) electrons. The number of rotatable bonds is 4. The van der Waals surface area contributed by atoms with Crippen LogP contribution in [0.15, 0.2) is 173 Å². The summed E-state index contributed by atoms with van der Waals surface area (Å²) < 4.78 is 14.9. The first-order valence-corrected chi connectivity index (χ1v) is 18.2. The quantitative estimate of drug-likeness (QED) is 0.181. The summed E-state index contributed by atoms with van der Waals surface area (Å²) in [6.45, 7) is 0. The van der Waals surface area contributed by atoms with Crippen LogP contribution in [0.3, 0.4) is 0 Å². The van der Waals surface area contributed by atoms with Crippen molar-refractivity contribution in [3.8, 4) is 40.0 Å². The van der Waals surface area contributed by atoms with Gasteiger partial charge in [0.25, 0.3) is 0 Å². The van der Waals surface area contributed by atoms with Crippen LogP contribution in [0.25, 0.3) is 116 Å². The van der Waals surface area contributed by atoms with E-state index in [0.717, 1.165) is 93.1 Å². The zero-order valence-electron chi connectivity index (χ0n) is 29.1. The fourth-order valence-electron chi connectivity index (χ4n) is 8.27. The lowest BCUT2D eigenvalue weighted by Gasteiger charge is -2.14. The van der Waals surface area contributed by atoms with Crippen molar-refractivity contribution >= 4 is 76.5 Å². The summed E-state index contributed by atoms with van der Waals surface area (Å²) in [6, 6.07) is 53.9. The van der Waals surface area contributed by atoms with Gasteiger partial charge in [0, 0.05) is 55.7 Å². The average Bonchev–Trinajstić information content (AvgIpc) is 3.92. The number of aromatic nitrogens is 5. The molecule has 12 aromatic rings. The molecule has 0 fully saturated rings. The summed E-state index contributed by atoms with van der Waals surface area (Å²) in [4.78, 5) is 20.5. The number of para-hydroxylation sites is 5. The zero-order chi connectivity index (χ0) is 36.0. The number of pyridine rings is 1. The Bertz CT molecular complexity index is 3470. The van der Waals surface area contributed by atoms with Crippen LogP contribution in [0.2, 0.25) is 0 Å². The minimum Gasteiger partial charge on any atom is -0.456 e. The van der Waals surface area contributed by atoms with E-state index in [9.17, 15) is 0 Å². The Morgan fingerprint density at radius 1 is 0.382 bits per heavy atom. The monoisotopic (exact) mass is 705 g/mol. The van der Waals surface area contributed by atoms with E-state index in [4.69, 9.17) is 28.8 Å². The van der Waals surface area contributed by atoms with Gasteiger partial charge in [-0.3, -0.25) is 9.55 Å². The van der Waals surface area contributed by atoms with Gasteiger partial charge in [-0.15, -0.1) is 0 Å². The van der Waals surface area contributed by atoms with Gasteiger partial charge >= 0.3 is 0 Å². The predicted octanol–water partition coefficient (Wildman–Crippen LogP) is 12.3. The lowest BCUT2D eigenvalue weighted by atomic mass is 9.93. The molecule has 0 bridgehead atoms. The highest BCUT2D eigenvalue weighted by Crippen LogP contribution is 2.41. The summed E-state index contributed by atoms with van der Waals surface area (Å²) in [5.41, 5.74) is 8.85. The molecule has 55 heavy (non-hydrogen) atoms. The van der Waals surface area contributed by atoms with Gasteiger partial charge in [0.2, 0.25) is 5.95 Å². The second kappa shape index (κ2) is 11.4. The highest BCUT2D eigenvalue weighted by Gasteiger charge is 2.21. The van der Waals surface area contributed by atoms with Gasteiger partial charge in [0.15, 0.2) is 11.6 Å². The summed E-state index contributed by atoms with van der Waals surface area (Å²) in [6.07, 6.45) is 1.85. The molecule has 0 aliphatic heterocycles. The normalized spacial score (nSPS) is 12.0. The number of fused-ring (bicyclic) bond motifs is 10. The van der Waals surface area contributed by atoms with Crippen LogP contribution in [0, 0.1) is 0 Å². The molecule has 256 valence electrons. The van der Waals surface area contributed by atoms with Crippen molar-refractivity contribution in [2.75, 3.05) is 0 Å². The lowest BCUT2D eigenvalue weighted by molar-refractivity contribution is 0.668. The van der Waals surface area contributed by atoms with E-state index < -0.39 is 0 Å². The maximum Gasteiger partial charge on any atom is 0.238 e. The first-order chi connectivity index (χ1) is 27.3.